The van der Waals surface area contributed by atoms with Gasteiger partial charge in [-0.1, -0.05) is 6.92 Å². The van der Waals surface area contributed by atoms with Gasteiger partial charge in [-0.2, -0.15) is 0 Å². The molecule has 0 heterocycles. The summed E-state index contributed by atoms with van der Waals surface area (Å²) in [5.74, 6) is 0. The van der Waals surface area contributed by atoms with Crippen molar-refractivity contribution in [2.24, 2.45) is 5.73 Å². The van der Waals surface area contributed by atoms with Gasteiger partial charge in [0.25, 0.3) is 0 Å². The van der Waals surface area contributed by atoms with Crippen molar-refractivity contribution in [3.63, 3.8) is 0 Å². The second-order valence-corrected chi connectivity index (χ2v) is 1.81. The van der Waals surface area contributed by atoms with Crippen molar-refractivity contribution >= 4 is 0 Å². The Bertz CT molecular complexity index is 59.0. The van der Waals surface area contributed by atoms with Crippen molar-refractivity contribution in [2.45, 2.75) is 19.6 Å². The predicted octanol–water partition coefficient (Wildman–Crippen LogP) is 0.344. The summed E-state index contributed by atoms with van der Waals surface area (Å²) in [5, 5.41) is 0. The summed E-state index contributed by atoms with van der Waals surface area (Å²) in [6.07, 6.45) is 0.726. The first-order valence-electron chi connectivity index (χ1n) is 3.17. The molecule has 0 aliphatic carbocycles. The monoisotopic (exact) mass is 133 g/mol. The summed E-state index contributed by atoms with van der Waals surface area (Å²) in [5.41, 5.74) is 5.44. The Kier molecular flexibility index (Phi) is 5.93. The van der Waals surface area contributed by atoms with Crippen LogP contribution in [0.4, 0.5) is 0 Å². The molecule has 9 heavy (non-hydrogen) atoms. The van der Waals surface area contributed by atoms with Crippen molar-refractivity contribution < 1.29 is 9.47 Å². The maximum atomic E-state index is 5.44. The van der Waals surface area contributed by atoms with E-state index in [-0.39, 0.29) is 6.23 Å². The molecular weight excluding hydrogens is 118 g/mol. The molecule has 0 saturated carbocycles. The van der Waals surface area contributed by atoms with Crippen molar-refractivity contribution in [1.82, 2.24) is 0 Å². The Morgan fingerprint density at radius 3 is 2.56 bits per heavy atom. The predicted molar refractivity (Wildman–Crippen MR) is 36.1 cm³/mol. The largest absolute Gasteiger partial charge is 0.382 e. The first kappa shape index (κ1) is 8.88. The average Bonchev–Trinajstić information content (AvgIpc) is 1.89. The van der Waals surface area contributed by atoms with Gasteiger partial charge in [0.2, 0.25) is 0 Å². The molecule has 0 aromatic carbocycles. The van der Waals surface area contributed by atoms with E-state index in [1.165, 1.54) is 0 Å². The lowest BCUT2D eigenvalue weighted by molar-refractivity contribution is 0.0189. The minimum absolute atomic E-state index is 0.125. The maximum Gasteiger partial charge on any atom is 0.105 e. The molecular formula is C6H15NO2. The molecule has 0 spiro atoms. The molecule has 56 valence electrons. The number of hydrogen-bond donors (Lipinski definition) is 1. The zero-order valence-electron chi connectivity index (χ0n) is 6.09. The summed E-state index contributed by atoms with van der Waals surface area (Å²) in [6.45, 7) is 3.19. The van der Waals surface area contributed by atoms with E-state index in [1.807, 2.05) is 6.92 Å². The van der Waals surface area contributed by atoms with Crippen LogP contribution in [0.15, 0.2) is 0 Å². The SMILES string of the molecule is CCC(N)OCCOC. The number of methoxy groups -OCH3 is 1. The van der Waals surface area contributed by atoms with Crippen LogP contribution in [-0.4, -0.2) is 26.6 Å². The van der Waals surface area contributed by atoms with Crippen molar-refractivity contribution in [1.29, 1.82) is 0 Å². The summed E-state index contributed by atoms with van der Waals surface area (Å²) in [6, 6.07) is 0. The van der Waals surface area contributed by atoms with Crippen LogP contribution in [0.3, 0.4) is 0 Å². The van der Waals surface area contributed by atoms with Gasteiger partial charge in [0.15, 0.2) is 0 Å². The average molecular weight is 133 g/mol. The van der Waals surface area contributed by atoms with E-state index in [0.29, 0.717) is 13.2 Å². The molecule has 0 aromatic rings. The van der Waals surface area contributed by atoms with Crippen LogP contribution >= 0.6 is 0 Å². The van der Waals surface area contributed by atoms with E-state index >= 15 is 0 Å². The van der Waals surface area contributed by atoms with Crippen LogP contribution in [0.2, 0.25) is 0 Å². The highest BCUT2D eigenvalue weighted by atomic mass is 16.5. The summed E-state index contributed by atoms with van der Waals surface area (Å²) < 4.78 is 9.84. The Morgan fingerprint density at radius 1 is 1.44 bits per heavy atom. The van der Waals surface area contributed by atoms with E-state index < -0.39 is 0 Å². The third-order valence-corrected chi connectivity index (χ3v) is 1.02. The van der Waals surface area contributed by atoms with Crippen molar-refractivity contribution in [3.8, 4) is 0 Å². The Balaban J connectivity index is 2.88. The van der Waals surface area contributed by atoms with Gasteiger partial charge < -0.3 is 15.2 Å². The first-order valence-corrected chi connectivity index (χ1v) is 3.17. The lowest BCUT2D eigenvalue weighted by Gasteiger charge is -2.08. The Morgan fingerprint density at radius 2 is 2.11 bits per heavy atom. The molecule has 3 heteroatoms. The van der Waals surface area contributed by atoms with Crippen LogP contribution in [0, 0.1) is 0 Å². The zero-order valence-corrected chi connectivity index (χ0v) is 6.09. The van der Waals surface area contributed by atoms with Crippen LogP contribution in [0.25, 0.3) is 0 Å². The minimum atomic E-state index is -0.125. The van der Waals surface area contributed by atoms with Crippen LogP contribution in [0.1, 0.15) is 13.3 Å². The van der Waals surface area contributed by atoms with Gasteiger partial charge in [-0.15, -0.1) is 0 Å². The number of rotatable bonds is 5. The fraction of sp³-hybridized carbons (Fsp3) is 1.00. The third-order valence-electron chi connectivity index (χ3n) is 1.02. The molecule has 0 aliphatic rings. The van der Waals surface area contributed by atoms with Gasteiger partial charge in [0.1, 0.15) is 6.23 Å². The molecule has 0 aliphatic heterocycles. The van der Waals surface area contributed by atoms with E-state index in [1.54, 1.807) is 7.11 Å². The fourth-order valence-electron chi connectivity index (χ4n) is 0.401. The molecule has 1 unspecified atom stereocenters. The van der Waals surface area contributed by atoms with Gasteiger partial charge in [-0.25, -0.2) is 0 Å². The van der Waals surface area contributed by atoms with Crippen LogP contribution in [0.5, 0.6) is 0 Å². The maximum absolute atomic E-state index is 5.44. The van der Waals surface area contributed by atoms with Gasteiger partial charge in [0, 0.05) is 7.11 Å². The minimum Gasteiger partial charge on any atom is -0.382 e. The van der Waals surface area contributed by atoms with Gasteiger partial charge in [-0.05, 0) is 6.42 Å². The lowest BCUT2D eigenvalue weighted by Crippen LogP contribution is -2.24. The van der Waals surface area contributed by atoms with Crippen LogP contribution < -0.4 is 5.73 Å². The van der Waals surface area contributed by atoms with Gasteiger partial charge >= 0.3 is 0 Å². The summed E-state index contributed by atoms with van der Waals surface area (Å²) in [4.78, 5) is 0. The van der Waals surface area contributed by atoms with E-state index in [0.717, 1.165) is 6.42 Å². The van der Waals surface area contributed by atoms with Gasteiger partial charge in [-0.3, -0.25) is 0 Å². The van der Waals surface area contributed by atoms with Crippen LogP contribution in [-0.2, 0) is 9.47 Å². The highest BCUT2D eigenvalue weighted by Gasteiger charge is 1.95. The second-order valence-electron chi connectivity index (χ2n) is 1.81. The van der Waals surface area contributed by atoms with Crippen molar-refractivity contribution in [3.05, 3.63) is 0 Å². The van der Waals surface area contributed by atoms with Crippen molar-refractivity contribution in [2.75, 3.05) is 20.3 Å². The molecule has 0 bridgehead atoms. The molecule has 0 amide bonds. The third kappa shape index (κ3) is 5.76. The zero-order chi connectivity index (χ0) is 7.11. The molecule has 2 N–H and O–H groups in total. The second kappa shape index (κ2) is 6.01. The molecule has 1 atom stereocenters. The number of ether oxygens (including phenoxy) is 2. The number of hydrogen-bond acceptors (Lipinski definition) is 3. The molecule has 0 rings (SSSR count). The standard InChI is InChI=1S/C6H15NO2/c1-3-6(7)9-5-4-8-2/h6H,3-5,7H2,1-2H3. The lowest BCUT2D eigenvalue weighted by atomic mass is 10.4. The topological polar surface area (TPSA) is 44.5 Å². The molecule has 0 fully saturated rings. The first-order chi connectivity index (χ1) is 4.31. The normalized spacial score (nSPS) is 13.7. The summed E-state index contributed by atoms with van der Waals surface area (Å²) in [7, 11) is 1.64. The number of nitrogens with two attached hydrogens (primary N) is 1. The quantitative estimate of drug-likeness (QED) is 0.434. The Labute approximate surface area is 56.1 Å². The Hall–Kier alpha value is -0.120. The smallest absolute Gasteiger partial charge is 0.105 e. The molecule has 0 saturated heterocycles. The highest BCUT2D eigenvalue weighted by molar-refractivity contribution is 4.40. The van der Waals surface area contributed by atoms with E-state index in [4.69, 9.17) is 15.2 Å². The molecule has 0 radical (unpaired) electrons. The highest BCUT2D eigenvalue weighted by Crippen LogP contribution is 1.87. The van der Waals surface area contributed by atoms with Gasteiger partial charge in [0.05, 0.1) is 13.2 Å². The molecule has 0 aromatic heterocycles. The van der Waals surface area contributed by atoms with E-state index in [9.17, 15) is 0 Å². The summed E-state index contributed by atoms with van der Waals surface area (Å²) >= 11 is 0. The van der Waals surface area contributed by atoms with E-state index in [2.05, 4.69) is 0 Å². The molecule has 3 nitrogen and oxygen atoms in total. The fourth-order valence-corrected chi connectivity index (χ4v) is 0.401.